The fourth-order valence-corrected chi connectivity index (χ4v) is 4.40. The Morgan fingerprint density at radius 1 is 1.32 bits per heavy atom. The molecule has 124 valence electrons. The Morgan fingerprint density at radius 2 is 1.91 bits per heavy atom. The summed E-state index contributed by atoms with van der Waals surface area (Å²) in [6.45, 7) is 0.177. The first kappa shape index (κ1) is 16.9. The highest BCUT2D eigenvalue weighted by Crippen LogP contribution is 2.27. The number of aromatic nitrogens is 2. The van der Waals surface area contributed by atoms with Crippen molar-refractivity contribution in [2.75, 3.05) is 6.54 Å². The molecule has 0 radical (unpaired) electrons. The zero-order valence-corrected chi connectivity index (χ0v) is 13.6. The van der Waals surface area contributed by atoms with Gasteiger partial charge >= 0.3 is 5.69 Å². The van der Waals surface area contributed by atoms with Gasteiger partial charge in [-0.1, -0.05) is 12.8 Å². The lowest BCUT2D eigenvalue weighted by Gasteiger charge is -2.23. The van der Waals surface area contributed by atoms with Crippen LogP contribution in [0.1, 0.15) is 25.7 Å². The maximum Gasteiger partial charge on any atom is 0.330 e. The van der Waals surface area contributed by atoms with Crippen molar-refractivity contribution in [2.45, 2.75) is 36.6 Å². The Morgan fingerprint density at radius 3 is 2.45 bits per heavy atom. The molecule has 22 heavy (non-hydrogen) atoms. The van der Waals surface area contributed by atoms with Crippen molar-refractivity contribution in [3.63, 3.8) is 0 Å². The summed E-state index contributed by atoms with van der Waals surface area (Å²) in [4.78, 5) is 23.3. The second kappa shape index (κ2) is 6.35. The van der Waals surface area contributed by atoms with Crippen LogP contribution >= 0.6 is 0 Å². The second-order valence-electron chi connectivity index (χ2n) is 5.76. The van der Waals surface area contributed by atoms with Crippen molar-refractivity contribution < 1.29 is 8.42 Å². The number of nitrogens with two attached hydrogens (primary N) is 1. The van der Waals surface area contributed by atoms with E-state index in [1.807, 2.05) is 0 Å². The largest absolute Gasteiger partial charge is 0.330 e. The van der Waals surface area contributed by atoms with Crippen LogP contribution in [0, 0.1) is 5.92 Å². The average molecular weight is 330 g/mol. The van der Waals surface area contributed by atoms with E-state index < -0.39 is 32.2 Å². The summed E-state index contributed by atoms with van der Waals surface area (Å²) in [7, 11) is -1.37. The number of hydrogen-bond donors (Lipinski definition) is 2. The summed E-state index contributed by atoms with van der Waals surface area (Å²) >= 11 is 0. The van der Waals surface area contributed by atoms with Gasteiger partial charge in [-0.05, 0) is 18.8 Å². The van der Waals surface area contributed by atoms with Crippen LogP contribution < -0.4 is 21.7 Å². The van der Waals surface area contributed by atoms with E-state index in [4.69, 9.17) is 5.73 Å². The molecule has 1 unspecified atom stereocenters. The topological polar surface area (TPSA) is 116 Å². The van der Waals surface area contributed by atoms with Gasteiger partial charge in [-0.15, -0.1) is 0 Å². The van der Waals surface area contributed by atoms with Gasteiger partial charge in [0.25, 0.3) is 5.56 Å². The van der Waals surface area contributed by atoms with Crippen molar-refractivity contribution >= 4 is 10.0 Å². The van der Waals surface area contributed by atoms with Crippen LogP contribution in [0.15, 0.2) is 20.7 Å². The first-order valence-electron chi connectivity index (χ1n) is 7.27. The highest BCUT2D eigenvalue weighted by Gasteiger charge is 2.30. The van der Waals surface area contributed by atoms with E-state index in [1.165, 1.54) is 14.1 Å². The first-order chi connectivity index (χ1) is 10.3. The van der Waals surface area contributed by atoms with E-state index in [9.17, 15) is 18.0 Å². The monoisotopic (exact) mass is 330 g/mol. The van der Waals surface area contributed by atoms with E-state index in [2.05, 4.69) is 4.72 Å². The van der Waals surface area contributed by atoms with Crippen molar-refractivity contribution in [3.05, 3.63) is 27.0 Å². The van der Waals surface area contributed by atoms with Crippen LogP contribution in [0.3, 0.4) is 0 Å². The Hall–Kier alpha value is -1.45. The maximum absolute atomic E-state index is 12.5. The molecule has 1 fully saturated rings. The van der Waals surface area contributed by atoms with E-state index in [0.29, 0.717) is 0 Å². The molecule has 1 heterocycles. The van der Waals surface area contributed by atoms with E-state index in [0.717, 1.165) is 41.0 Å². The summed E-state index contributed by atoms with van der Waals surface area (Å²) in [5.41, 5.74) is 4.28. The van der Waals surface area contributed by atoms with E-state index in [-0.39, 0.29) is 12.5 Å². The molecule has 0 amide bonds. The predicted molar refractivity (Wildman–Crippen MR) is 82.0 cm³/mol. The minimum Gasteiger partial charge on any atom is -0.329 e. The Balaban J connectivity index is 2.38. The van der Waals surface area contributed by atoms with Gasteiger partial charge in [-0.25, -0.2) is 17.9 Å². The van der Waals surface area contributed by atoms with Gasteiger partial charge in [-0.2, -0.15) is 0 Å². The molecular formula is C13H22N4O4S. The number of rotatable bonds is 5. The minimum atomic E-state index is -4.02. The normalized spacial score (nSPS) is 17.8. The quantitative estimate of drug-likeness (QED) is 0.709. The number of nitrogens with one attached hydrogen (secondary N) is 1. The van der Waals surface area contributed by atoms with Crippen molar-refractivity contribution in [3.8, 4) is 0 Å². The molecule has 1 aromatic heterocycles. The smallest absolute Gasteiger partial charge is 0.329 e. The van der Waals surface area contributed by atoms with E-state index >= 15 is 0 Å². The lowest BCUT2D eigenvalue weighted by atomic mass is 9.99. The lowest BCUT2D eigenvalue weighted by molar-refractivity contribution is 0.405. The summed E-state index contributed by atoms with van der Waals surface area (Å²) in [6.07, 6.45) is 5.02. The fourth-order valence-electron chi connectivity index (χ4n) is 2.92. The molecule has 3 N–H and O–H groups in total. The SMILES string of the molecule is Cn1cc(S(=O)(=O)NC(CN)C2CCCC2)c(=O)n(C)c1=O. The van der Waals surface area contributed by atoms with Gasteiger partial charge < -0.3 is 10.3 Å². The molecule has 1 aromatic rings. The lowest BCUT2D eigenvalue weighted by Crippen LogP contribution is -2.47. The maximum atomic E-state index is 12.5. The Bertz CT molecular complexity index is 759. The highest BCUT2D eigenvalue weighted by molar-refractivity contribution is 7.89. The zero-order valence-electron chi connectivity index (χ0n) is 12.8. The van der Waals surface area contributed by atoms with Gasteiger partial charge in [0.15, 0.2) is 4.90 Å². The first-order valence-corrected chi connectivity index (χ1v) is 8.75. The Kier molecular flexibility index (Phi) is 4.88. The van der Waals surface area contributed by atoms with E-state index in [1.54, 1.807) is 0 Å². The molecule has 1 aliphatic carbocycles. The molecule has 2 rings (SSSR count). The van der Waals surface area contributed by atoms with Gasteiger partial charge in [-0.3, -0.25) is 9.36 Å². The number of hydrogen-bond acceptors (Lipinski definition) is 5. The second-order valence-corrected chi connectivity index (χ2v) is 7.44. The predicted octanol–water partition coefficient (Wildman–Crippen LogP) is -1.12. The van der Waals surface area contributed by atoms with Gasteiger partial charge in [0, 0.05) is 32.9 Å². The molecular weight excluding hydrogens is 308 g/mol. The van der Waals surface area contributed by atoms with Gasteiger partial charge in [0.1, 0.15) is 0 Å². The molecule has 0 spiro atoms. The van der Waals surface area contributed by atoms with Gasteiger partial charge in [0.2, 0.25) is 10.0 Å². The summed E-state index contributed by atoms with van der Waals surface area (Å²) in [5.74, 6) is 0.191. The molecule has 0 saturated heterocycles. The summed E-state index contributed by atoms with van der Waals surface area (Å²) in [6, 6.07) is -0.394. The van der Waals surface area contributed by atoms with Crippen LogP contribution in [0.2, 0.25) is 0 Å². The minimum absolute atomic E-state index is 0.177. The van der Waals surface area contributed by atoms with Gasteiger partial charge in [0.05, 0.1) is 0 Å². The molecule has 9 heteroatoms. The highest BCUT2D eigenvalue weighted by atomic mass is 32.2. The molecule has 1 atom stereocenters. The summed E-state index contributed by atoms with van der Waals surface area (Å²) < 4.78 is 29.4. The molecule has 8 nitrogen and oxygen atoms in total. The van der Waals surface area contributed by atoms with Crippen LogP contribution in [0.5, 0.6) is 0 Å². The van der Waals surface area contributed by atoms with Crippen LogP contribution in [-0.2, 0) is 24.1 Å². The molecule has 1 aliphatic rings. The van der Waals surface area contributed by atoms with Crippen LogP contribution in [0.25, 0.3) is 0 Å². The average Bonchev–Trinajstić information content (AvgIpc) is 3.00. The Labute approximate surface area is 129 Å². The number of sulfonamides is 1. The van der Waals surface area contributed by atoms with Crippen LogP contribution in [-0.4, -0.2) is 30.1 Å². The summed E-state index contributed by atoms with van der Waals surface area (Å²) in [5, 5.41) is 0. The molecule has 0 bridgehead atoms. The molecule has 0 aromatic carbocycles. The number of nitrogens with zero attached hydrogens (tertiary/aromatic N) is 2. The molecule has 0 aliphatic heterocycles. The third-order valence-electron chi connectivity index (χ3n) is 4.23. The zero-order chi connectivity index (χ0) is 16.5. The fraction of sp³-hybridized carbons (Fsp3) is 0.692. The number of aryl methyl sites for hydroxylation is 1. The van der Waals surface area contributed by atoms with Crippen molar-refractivity contribution in [1.29, 1.82) is 0 Å². The third kappa shape index (κ3) is 3.16. The van der Waals surface area contributed by atoms with Crippen molar-refractivity contribution in [1.82, 2.24) is 13.9 Å². The third-order valence-corrected chi connectivity index (χ3v) is 5.71. The van der Waals surface area contributed by atoms with Crippen molar-refractivity contribution in [2.24, 2.45) is 25.7 Å². The van der Waals surface area contributed by atoms with Crippen LogP contribution in [0.4, 0.5) is 0 Å². The standard InChI is InChI=1S/C13H22N4O4S/c1-16-8-11(12(18)17(2)13(16)19)22(20,21)15-10(7-14)9-5-3-4-6-9/h8-10,15H,3-7,14H2,1-2H3. The molecule has 1 saturated carbocycles.